The highest BCUT2D eigenvalue weighted by atomic mass is 19.2. The van der Waals surface area contributed by atoms with Crippen molar-refractivity contribution in [1.29, 1.82) is 5.26 Å². The van der Waals surface area contributed by atoms with Gasteiger partial charge in [0.25, 0.3) is 5.56 Å². The average Bonchev–Trinajstić information content (AvgIpc) is 3.20. The number of benzene rings is 1. The van der Waals surface area contributed by atoms with Crippen LogP contribution in [0.15, 0.2) is 21.7 Å². The van der Waals surface area contributed by atoms with E-state index in [9.17, 15) is 23.6 Å². The Morgan fingerprint density at radius 2 is 1.97 bits per heavy atom. The molecule has 11 heteroatoms. The molecule has 0 radical (unpaired) electrons. The van der Waals surface area contributed by atoms with Crippen LogP contribution in [0, 0.1) is 34.8 Å². The van der Waals surface area contributed by atoms with Gasteiger partial charge >= 0.3 is 5.69 Å². The van der Waals surface area contributed by atoms with Crippen LogP contribution in [0.25, 0.3) is 11.2 Å². The first-order chi connectivity index (χ1) is 16.3. The summed E-state index contributed by atoms with van der Waals surface area (Å²) in [6.07, 6.45) is 1.74. The Morgan fingerprint density at radius 1 is 1.24 bits per heavy atom. The van der Waals surface area contributed by atoms with Crippen LogP contribution in [0.1, 0.15) is 30.9 Å². The van der Waals surface area contributed by atoms with E-state index in [2.05, 4.69) is 16.8 Å². The number of fused-ring (bicyclic) bond motifs is 1. The van der Waals surface area contributed by atoms with E-state index >= 15 is 0 Å². The molecule has 1 aliphatic rings. The Hall–Kier alpha value is -3.96. The van der Waals surface area contributed by atoms with Gasteiger partial charge < -0.3 is 10.6 Å². The molecule has 1 atom stereocenters. The van der Waals surface area contributed by atoms with E-state index in [4.69, 9.17) is 5.73 Å². The van der Waals surface area contributed by atoms with Gasteiger partial charge in [-0.05, 0) is 37.5 Å². The van der Waals surface area contributed by atoms with Gasteiger partial charge in [0.05, 0.1) is 24.7 Å². The molecule has 1 fully saturated rings. The molecule has 2 aromatic heterocycles. The third-order valence-electron chi connectivity index (χ3n) is 5.96. The van der Waals surface area contributed by atoms with Gasteiger partial charge in [-0.15, -0.1) is 5.92 Å². The minimum atomic E-state index is -1.18. The first-order valence-corrected chi connectivity index (χ1v) is 10.7. The van der Waals surface area contributed by atoms with Gasteiger partial charge in [-0.3, -0.25) is 18.5 Å². The van der Waals surface area contributed by atoms with Gasteiger partial charge in [0.1, 0.15) is 0 Å². The Kier molecular flexibility index (Phi) is 6.22. The van der Waals surface area contributed by atoms with Crippen LogP contribution >= 0.6 is 0 Å². The molecule has 1 saturated heterocycles. The molecule has 4 rings (SSSR count). The third-order valence-corrected chi connectivity index (χ3v) is 5.96. The van der Waals surface area contributed by atoms with Crippen molar-refractivity contribution in [3.8, 4) is 17.9 Å². The summed E-state index contributed by atoms with van der Waals surface area (Å²) >= 11 is 0. The van der Waals surface area contributed by atoms with Gasteiger partial charge in [0.15, 0.2) is 22.8 Å². The summed E-state index contributed by atoms with van der Waals surface area (Å²) in [7, 11) is 1.48. The number of hydrogen-bond donors (Lipinski definition) is 1. The third kappa shape index (κ3) is 3.95. The second-order valence-electron chi connectivity index (χ2n) is 8.21. The lowest BCUT2D eigenvalue weighted by Crippen LogP contribution is -2.44. The lowest BCUT2D eigenvalue weighted by atomic mass is 10.1. The van der Waals surface area contributed by atoms with Crippen molar-refractivity contribution in [2.24, 2.45) is 12.8 Å². The van der Waals surface area contributed by atoms with Crippen molar-refractivity contribution in [1.82, 2.24) is 18.7 Å². The fraction of sp³-hybridized carbons (Fsp3) is 0.391. The van der Waals surface area contributed by atoms with Gasteiger partial charge in [0, 0.05) is 26.2 Å². The molecule has 0 aliphatic carbocycles. The number of imidazole rings is 1. The van der Waals surface area contributed by atoms with Crippen LogP contribution in [-0.2, 0) is 20.1 Å². The summed E-state index contributed by atoms with van der Waals surface area (Å²) in [5.74, 6) is 3.88. The fourth-order valence-corrected chi connectivity index (χ4v) is 4.23. The number of aryl methyl sites for hydroxylation is 1. The summed E-state index contributed by atoms with van der Waals surface area (Å²) in [4.78, 5) is 33.2. The zero-order valence-corrected chi connectivity index (χ0v) is 18.8. The largest absolute Gasteiger partial charge is 0.341 e. The van der Waals surface area contributed by atoms with Crippen molar-refractivity contribution in [3.05, 3.63) is 55.7 Å². The highest BCUT2D eigenvalue weighted by Crippen LogP contribution is 2.23. The minimum Gasteiger partial charge on any atom is -0.341 e. The number of rotatable bonds is 4. The SMILES string of the molecule is CC#CCn1c(N2CCCC(N)C2)nc2c1c(=O)n(Cc1cc(F)c(F)cc1C#N)c(=O)n2C. The molecule has 9 nitrogen and oxygen atoms in total. The molecule has 176 valence electrons. The second kappa shape index (κ2) is 9.12. The number of piperidine rings is 1. The monoisotopic (exact) mass is 467 g/mol. The molecule has 34 heavy (non-hydrogen) atoms. The van der Waals surface area contributed by atoms with Crippen LogP contribution in [0.5, 0.6) is 0 Å². The van der Waals surface area contributed by atoms with E-state index in [0.29, 0.717) is 19.0 Å². The molecule has 3 aromatic rings. The van der Waals surface area contributed by atoms with E-state index < -0.39 is 29.4 Å². The Bertz CT molecular complexity index is 1500. The summed E-state index contributed by atoms with van der Waals surface area (Å²) in [6.45, 7) is 2.67. The van der Waals surface area contributed by atoms with E-state index in [0.717, 1.165) is 29.5 Å². The summed E-state index contributed by atoms with van der Waals surface area (Å²) in [5.41, 5.74) is 4.97. The van der Waals surface area contributed by atoms with Crippen molar-refractivity contribution in [2.75, 3.05) is 18.0 Å². The van der Waals surface area contributed by atoms with E-state index in [1.807, 2.05) is 4.90 Å². The molecule has 0 bridgehead atoms. The maximum absolute atomic E-state index is 13.9. The highest BCUT2D eigenvalue weighted by Gasteiger charge is 2.26. The van der Waals surface area contributed by atoms with Gasteiger partial charge in [-0.2, -0.15) is 10.2 Å². The Morgan fingerprint density at radius 3 is 2.65 bits per heavy atom. The predicted octanol–water partition coefficient (Wildman–Crippen LogP) is 1.05. The molecular weight excluding hydrogens is 444 g/mol. The van der Waals surface area contributed by atoms with Crippen molar-refractivity contribution in [3.63, 3.8) is 0 Å². The Labute approximate surface area is 193 Å². The summed E-state index contributed by atoms with van der Waals surface area (Å²) in [5, 5.41) is 9.33. The van der Waals surface area contributed by atoms with Crippen LogP contribution in [0.4, 0.5) is 14.7 Å². The lowest BCUT2D eigenvalue weighted by Gasteiger charge is -2.31. The molecule has 2 N–H and O–H groups in total. The first-order valence-electron chi connectivity index (χ1n) is 10.7. The standard InChI is InChI=1S/C23H23F2N7O2/c1-3-4-8-31-19-20(28-22(31)30-7-5-6-16(27)13-30)29(2)23(34)32(21(19)33)12-15-10-18(25)17(24)9-14(15)11-26/h9-10,16H,5-8,12-13,27H2,1-2H3. The van der Waals surface area contributed by atoms with Crippen LogP contribution in [0.3, 0.4) is 0 Å². The maximum atomic E-state index is 13.9. The number of nitrogens with two attached hydrogens (primary N) is 1. The molecule has 0 spiro atoms. The smallest absolute Gasteiger partial charge is 0.332 e. The zero-order chi connectivity index (χ0) is 24.6. The van der Waals surface area contributed by atoms with Gasteiger partial charge in [-0.25, -0.2) is 13.6 Å². The lowest BCUT2D eigenvalue weighted by molar-refractivity contribution is 0.496. The van der Waals surface area contributed by atoms with Crippen LogP contribution in [-0.4, -0.2) is 37.8 Å². The molecule has 0 amide bonds. The van der Waals surface area contributed by atoms with E-state index in [1.165, 1.54) is 11.6 Å². The van der Waals surface area contributed by atoms with E-state index in [1.54, 1.807) is 17.6 Å². The predicted molar refractivity (Wildman–Crippen MR) is 122 cm³/mol. The number of nitriles is 1. The quantitative estimate of drug-likeness (QED) is 0.574. The van der Waals surface area contributed by atoms with Crippen LogP contribution in [0.2, 0.25) is 0 Å². The first kappa shape index (κ1) is 23.2. The summed E-state index contributed by atoms with van der Waals surface area (Å²) < 4.78 is 31.2. The minimum absolute atomic E-state index is 0.0154. The molecule has 0 saturated carbocycles. The van der Waals surface area contributed by atoms with E-state index in [-0.39, 0.29) is 34.9 Å². The van der Waals surface area contributed by atoms with Crippen molar-refractivity contribution < 1.29 is 8.78 Å². The maximum Gasteiger partial charge on any atom is 0.332 e. The number of halogens is 2. The molecule has 1 aromatic carbocycles. The van der Waals surface area contributed by atoms with Crippen molar-refractivity contribution >= 4 is 17.1 Å². The zero-order valence-electron chi connectivity index (χ0n) is 18.8. The molecule has 1 unspecified atom stereocenters. The van der Waals surface area contributed by atoms with Gasteiger partial charge in [0.2, 0.25) is 5.95 Å². The average molecular weight is 467 g/mol. The summed E-state index contributed by atoms with van der Waals surface area (Å²) in [6, 6.07) is 3.31. The normalized spacial score (nSPS) is 15.8. The van der Waals surface area contributed by atoms with Gasteiger partial charge in [-0.1, -0.05) is 5.92 Å². The van der Waals surface area contributed by atoms with Crippen LogP contribution < -0.4 is 21.9 Å². The Balaban J connectivity index is 1.95. The van der Waals surface area contributed by atoms with Crippen molar-refractivity contribution in [2.45, 2.75) is 38.9 Å². The number of aromatic nitrogens is 4. The highest BCUT2D eigenvalue weighted by molar-refractivity contribution is 5.75. The number of anilines is 1. The fourth-order valence-electron chi connectivity index (χ4n) is 4.23. The molecule has 1 aliphatic heterocycles. The molecular formula is C23H23F2N7O2. The topological polar surface area (TPSA) is 115 Å². The molecule has 3 heterocycles. The number of hydrogen-bond acceptors (Lipinski definition) is 6. The number of nitrogens with zero attached hydrogens (tertiary/aromatic N) is 6. The second-order valence-corrected chi connectivity index (χ2v) is 8.21.